The van der Waals surface area contributed by atoms with Crippen LogP contribution in [-0.2, 0) is 40.0 Å². The molecule has 5 rings (SSSR count). The molecule has 11 heteroatoms. The van der Waals surface area contributed by atoms with Crippen LogP contribution in [0.2, 0.25) is 0 Å². The highest BCUT2D eigenvalue weighted by Gasteiger charge is 2.32. The molecule has 1 aliphatic heterocycles. The van der Waals surface area contributed by atoms with Crippen LogP contribution in [0, 0.1) is 0 Å². The molecule has 268 valence electrons. The number of benzene rings is 3. The lowest BCUT2D eigenvalue weighted by Gasteiger charge is -2.34. The first-order valence-electron chi connectivity index (χ1n) is 17.0. The zero-order chi connectivity index (χ0) is 36.2. The second kappa shape index (κ2) is 17.8. The average molecular weight is 700 g/mol. The van der Waals surface area contributed by atoms with E-state index in [-0.39, 0.29) is 18.9 Å². The molecule has 2 amide bonds. The lowest BCUT2D eigenvalue weighted by atomic mass is 10.0. The fourth-order valence-electron chi connectivity index (χ4n) is 5.95. The highest BCUT2D eigenvalue weighted by Crippen LogP contribution is 2.29. The predicted molar refractivity (Wildman–Crippen MR) is 193 cm³/mol. The molecule has 0 spiro atoms. The summed E-state index contributed by atoms with van der Waals surface area (Å²) in [6.45, 7) is 4.74. The molecule has 0 bridgehead atoms. The Labute approximate surface area is 297 Å². The molecule has 2 heterocycles. The van der Waals surface area contributed by atoms with Gasteiger partial charge in [-0.25, -0.2) is 0 Å². The fraction of sp³-hybridized carbons (Fsp3) is 0.325. The summed E-state index contributed by atoms with van der Waals surface area (Å²) in [7, 11) is 3.73. The number of pyridine rings is 1. The van der Waals surface area contributed by atoms with Gasteiger partial charge in [0.2, 0.25) is 11.8 Å². The van der Waals surface area contributed by atoms with Crippen molar-refractivity contribution in [2.24, 2.45) is 0 Å². The SMILES string of the molecule is CN(CCN(C)C(=O)[C@H](Cc1ccccc1)N(Cc1ccc(N2CCOCC2)cc1)C(=O)/C=C/c1ccc(C(F)(F)F)cc1)Cc1cccnc1. The maximum Gasteiger partial charge on any atom is 0.416 e. The predicted octanol–water partition coefficient (Wildman–Crippen LogP) is 6.18. The first-order valence-corrected chi connectivity index (χ1v) is 17.0. The molecule has 1 saturated heterocycles. The van der Waals surface area contributed by atoms with Crippen LogP contribution in [-0.4, -0.2) is 91.0 Å². The van der Waals surface area contributed by atoms with Gasteiger partial charge in [-0.2, -0.15) is 13.2 Å². The second-order valence-corrected chi connectivity index (χ2v) is 12.7. The van der Waals surface area contributed by atoms with Gasteiger partial charge in [0, 0.05) is 76.9 Å². The number of morpholine rings is 1. The quantitative estimate of drug-likeness (QED) is 0.147. The minimum absolute atomic E-state index is 0.150. The highest BCUT2D eigenvalue weighted by molar-refractivity contribution is 5.95. The van der Waals surface area contributed by atoms with Gasteiger partial charge in [0.15, 0.2) is 0 Å². The Morgan fingerprint density at radius 3 is 2.18 bits per heavy atom. The van der Waals surface area contributed by atoms with Gasteiger partial charge in [-0.3, -0.25) is 14.6 Å². The number of aromatic nitrogens is 1. The average Bonchev–Trinajstić information content (AvgIpc) is 3.15. The Balaban J connectivity index is 1.41. The van der Waals surface area contributed by atoms with Gasteiger partial charge < -0.3 is 24.3 Å². The van der Waals surface area contributed by atoms with Crippen molar-refractivity contribution >= 4 is 23.6 Å². The molecule has 4 aromatic rings. The lowest BCUT2D eigenvalue weighted by Crippen LogP contribution is -2.51. The number of hydrogen-bond donors (Lipinski definition) is 0. The normalized spacial score (nSPS) is 14.1. The summed E-state index contributed by atoms with van der Waals surface area (Å²) in [4.78, 5) is 40.3. The fourth-order valence-corrected chi connectivity index (χ4v) is 5.95. The number of carbonyl (C=O) groups is 2. The minimum Gasteiger partial charge on any atom is -0.378 e. The van der Waals surface area contributed by atoms with E-state index in [0.717, 1.165) is 47.6 Å². The Morgan fingerprint density at radius 1 is 0.843 bits per heavy atom. The smallest absolute Gasteiger partial charge is 0.378 e. The van der Waals surface area contributed by atoms with Crippen molar-refractivity contribution in [1.82, 2.24) is 19.7 Å². The number of likely N-dealkylation sites (N-methyl/N-ethyl adjacent to an activating group) is 2. The molecule has 3 aromatic carbocycles. The van der Waals surface area contributed by atoms with Crippen LogP contribution in [0.4, 0.5) is 18.9 Å². The minimum atomic E-state index is -4.46. The molecule has 0 saturated carbocycles. The van der Waals surface area contributed by atoms with Crippen molar-refractivity contribution in [2.75, 3.05) is 58.4 Å². The summed E-state index contributed by atoms with van der Waals surface area (Å²) in [6, 6.07) is 25.2. The number of amides is 2. The number of alkyl halides is 3. The highest BCUT2D eigenvalue weighted by atomic mass is 19.4. The summed E-state index contributed by atoms with van der Waals surface area (Å²) in [5, 5.41) is 0. The molecular weight excluding hydrogens is 655 g/mol. The molecule has 1 fully saturated rings. The van der Waals surface area contributed by atoms with Crippen LogP contribution in [0.25, 0.3) is 6.08 Å². The number of carbonyl (C=O) groups excluding carboxylic acids is 2. The third kappa shape index (κ3) is 11.0. The number of hydrogen-bond acceptors (Lipinski definition) is 6. The molecule has 51 heavy (non-hydrogen) atoms. The van der Waals surface area contributed by atoms with Crippen LogP contribution in [0.3, 0.4) is 0 Å². The van der Waals surface area contributed by atoms with Crippen LogP contribution in [0.1, 0.15) is 27.8 Å². The van der Waals surface area contributed by atoms with Crippen LogP contribution < -0.4 is 4.90 Å². The number of nitrogens with zero attached hydrogens (tertiary/aromatic N) is 5. The van der Waals surface area contributed by atoms with E-state index < -0.39 is 23.7 Å². The van der Waals surface area contributed by atoms with Crippen molar-refractivity contribution in [1.29, 1.82) is 0 Å². The molecule has 1 atom stereocenters. The van der Waals surface area contributed by atoms with Gasteiger partial charge in [-0.05, 0) is 65.7 Å². The number of ether oxygens (including phenoxy) is 1. The van der Waals surface area contributed by atoms with E-state index in [2.05, 4.69) is 14.8 Å². The molecule has 0 radical (unpaired) electrons. The number of anilines is 1. The maximum atomic E-state index is 14.4. The van der Waals surface area contributed by atoms with Crippen LogP contribution in [0.15, 0.2) is 109 Å². The van der Waals surface area contributed by atoms with Gasteiger partial charge in [0.25, 0.3) is 0 Å². The summed E-state index contributed by atoms with van der Waals surface area (Å²) >= 11 is 0. The summed E-state index contributed by atoms with van der Waals surface area (Å²) in [5.41, 5.74) is 3.51. The van der Waals surface area contributed by atoms with Crippen molar-refractivity contribution in [3.63, 3.8) is 0 Å². The van der Waals surface area contributed by atoms with E-state index in [1.165, 1.54) is 24.3 Å². The van der Waals surface area contributed by atoms with E-state index in [0.29, 0.717) is 38.4 Å². The van der Waals surface area contributed by atoms with Gasteiger partial charge in [0.05, 0.1) is 18.8 Å². The van der Waals surface area contributed by atoms with Gasteiger partial charge >= 0.3 is 6.18 Å². The van der Waals surface area contributed by atoms with E-state index in [9.17, 15) is 22.8 Å². The number of rotatable bonds is 14. The zero-order valence-electron chi connectivity index (χ0n) is 29.0. The molecule has 0 unspecified atom stereocenters. The zero-order valence-corrected chi connectivity index (χ0v) is 29.0. The lowest BCUT2D eigenvalue weighted by molar-refractivity contribution is -0.143. The topological polar surface area (TPSA) is 69.2 Å². The van der Waals surface area contributed by atoms with Crippen molar-refractivity contribution < 1.29 is 27.5 Å². The molecular formula is C40H44F3N5O3. The largest absolute Gasteiger partial charge is 0.416 e. The molecule has 1 aromatic heterocycles. The Kier molecular flexibility index (Phi) is 13.0. The summed E-state index contributed by atoms with van der Waals surface area (Å²) < 4.78 is 45.0. The van der Waals surface area contributed by atoms with E-state index in [1.54, 1.807) is 23.0 Å². The van der Waals surface area contributed by atoms with Gasteiger partial charge in [0.1, 0.15) is 6.04 Å². The van der Waals surface area contributed by atoms with Crippen molar-refractivity contribution in [2.45, 2.75) is 31.7 Å². The van der Waals surface area contributed by atoms with E-state index >= 15 is 0 Å². The Bertz CT molecular complexity index is 1710. The van der Waals surface area contributed by atoms with Crippen molar-refractivity contribution in [3.8, 4) is 0 Å². The maximum absolute atomic E-state index is 14.4. The van der Waals surface area contributed by atoms with E-state index in [1.807, 2.05) is 80.0 Å². The van der Waals surface area contributed by atoms with Crippen molar-refractivity contribution in [3.05, 3.63) is 137 Å². The van der Waals surface area contributed by atoms with E-state index in [4.69, 9.17) is 4.74 Å². The summed E-state index contributed by atoms with van der Waals surface area (Å²) in [6.07, 6.45) is 2.18. The molecule has 8 nitrogen and oxygen atoms in total. The third-order valence-electron chi connectivity index (χ3n) is 8.91. The molecule has 0 N–H and O–H groups in total. The molecule has 1 aliphatic rings. The second-order valence-electron chi connectivity index (χ2n) is 12.7. The van der Waals surface area contributed by atoms with Crippen LogP contribution >= 0.6 is 0 Å². The Morgan fingerprint density at radius 2 is 1.53 bits per heavy atom. The third-order valence-corrected chi connectivity index (χ3v) is 8.91. The molecule has 0 aliphatic carbocycles. The first kappa shape index (κ1) is 37.3. The van der Waals surface area contributed by atoms with Crippen LogP contribution in [0.5, 0.6) is 0 Å². The van der Waals surface area contributed by atoms with Gasteiger partial charge in [-0.15, -0.1) is 0 Å². The Hall–Kier alpha value is -5.00. The first-order chi connectivity index (χ1) is 24.6. The summed E-state index contributed by atoms with van der Waals surface area (Å²) in [5.74, 6) is -0.640. The standard InChI is InChI=1S/C40H44F3N5O3/c1-45(29-34-9-6-20-44-28-34)21-22-46(2)39(50)37(27-32-7-4-3-5-8-32)48(30-33-12-17-36(18-13-33)47-23-25-51-26-24-47)38(49)19-14-31-10-15-35(16-11-31)40(41,42)43/h3-20,28,37H,21-27,29-30H2,1-2H3/b19-14+/t37-/m0/s1. The monoisotopic (exact) mass is 699 g/mol. The number of halogens is 3. The van der Waals surface area contributed by atoms with Gasteiger partial charge in [-0.1, -0.05) is 60.7 Å².